The molecule has 0 spiro atoms. The highest BCUT2D eigenvalue weighted by molar-refractivity contribution is 6.21. The van der Waals surface area contributed by atoms with Gasteiger partial charge in [-0.3, -0.25) is 24.1 Å². The molecule has 4 rings (SSSR count). The first-order valence-corrected chi connectivity index (χ1v) is 10.2. The van der Waals surface area contributed by atoms with Gasteiger partial charge in [-0.05, 0) is 37.1 Å². The SMILES string of the molecule is O=C(OCCN1C(=O)c2ccccc2C1=O)C1CCN(C(=O)c2ccc(F)cc2F)CC1. The molecule has 1 saturated heterocycles. The summed E-state index contributed by atoms with van der Waals surface area (Å²) in [6.45, 7) is 0.297. The van der Waals surface area contributed by atoms with E-state index in [2.05, 4.69) is 0 Å². The van der Waals surface area contributed by atoms with Crippen molar-refractivity contribution in [1.29, 1.82) is 0 Å². The predicted molar refractivity (Wildman–Crippen MR) is 108 cm³/mol. The van der Waals surface area contributed by atoms with Crippen molar-refractivity contribution in [3.05, 3.63) is 70.8 Å². The van der Waals surface area contributed by atoms with Gasteiger partial charge in [-0.25, -0.2) is 8.78 Å². The van der Waals surface area contributed by atoms with Crippen LogP contribution in [0.2, 0.25) is 0 Å². The van der Waals surface area contributed by atoms with Gasteiger partial charge in [0.2, 0.25) is 0 Å². The number of fused-ring (bicyclic) bond motifs is 1. The fraction of sp³-hybridized carbons (Fsp3) is 0.304. The molecule has 166 valence electrons. The lowest BCUT2D eigenvalue weighted by atomic mass is 9.96. The summed E-state index contributed by atoms with van der Waals surface area (Å²) in [5, 5.41) is 0. The Bertz CT molecular complexity index is 1060. The number of esters is 1. The lowest BCUT2D eigenvalue weighted by Gasteiger charge is -2.31. The number of hydrogen-bond acceptors (Lipinski definition) is 5. The Hall–Kier alpha value is -3.62. The lowest BCUT2D eigenvalue weighted by molar-refractivity contribution is -0.150. The fourth-order valence-electron chi connectivity index (χ4n) is 3.95. The number of carbonyl (C=O) groups excluding carboxylic acids is 4. The summed E-state index contributed by atoms with van der Waals surface area (Å²) in [6, 6.07) is 9.29. The molecular formula is C23H20F2N2O5. The molecule has 0 bridgehead atoms. The van der Waals surface area contributed by atoms with Crippen LogP contribution >= 0.6 is 0 Å². The van der Waals surface area contributed by atoms with E-state index >= 15 is 0 Å². The largest absolute Gasteiger partial charge is 0.464 e. The molecule has 2 heterocycles. The van der Waals surface area contributed by atoms with Crippen molar-refractivity contribution >= 4 is 23.7 Å². The van der Waals surface area contributed by atoms with E-state index in [1.165, 1.54) is 4.90 Å². The van der Waals surface area contributed by atoms with Crippen LogP contribution in [0.25, 0.3) is 0 Å². The van der Waals surface area contributed by atoms with Gasteiger partial charge in [-0.1, -0.05) is 12.1 Å². The molecule has 9 heteroatoms. The minimum Gasteiger partial charge on any atom is -0.464 e. The summed E-state index contributed by atoms with van der Waals surface area (Å²) in [4.78, 5) is 52.0. The van der Waals surface area contributed by atoms with Crippen LogP contribution in [0.3, 0.4) is 0 Å². The van der Waals surface area contributed by atoms with Crippen molar-refractivity contribution in [1.82, 2.24) is 9.80 Å². The second kappa shape index (κ2) is 8.86. The summed E-state index contributed by atoms with van der Waals surface area (Å²) < 4.78 is 32.2. The van der Waals surface area contributed by atoms with Gasteiger partial charge >= 0.3 is 5.97 Å². The van der Waals surface area contributed by atoms with Crippen LogP contribution in [0, 0.1) is 17.6 Å². The van der Waals surface area contributed by atoms with E-state index in [1.807, 2.05) is 0 Å². The summed E-state index contributed by atoms with van der Waals surface area (Å²) >= 11 is 0. The molecule has 1 fully saturated rings. The molecule has 0 aromatic heterocycles. The van der Waals surface area contributed by atoms with Crippen LogP contribution < -0.4 is 0 Å². The summed E-state index contributed by atoms with van der Waals surface area (Å²) in [7, 11) is 0. The quantitative estimate of drug-likeness (QED) is 0.525. The number of halogens is 2. The van der Waals surface area contributed by atoms with E-state index < -0.39 is 41.2 Å². The maximum absolute atomic E-state index is 13.9. The smallest absolute Gasteiger partial charge is 0.309 e. The van der Waals surface area contributed by atoms with E-state index in [0.29, 0.717) is 30.0 Å². The third-order valence-electron chi connectivity index (χ3n) is 5.71. The normalized spacial score (nSPS) is 16.3. The third-order valence-corrected chi connectivity index (χ3v) is 5.71. The second-order valence-corrected chi connectivity index (χ2v) is 7.67. The number of carbonyl (C=O) groups is 4. The van der Waals surface area contributed by atoms with Gasteiger partial charge in [0, 0.05) is 19.2 Å². The van der Waals surface area contributed by atoms with Gasteiger partial charge < -0.3 is 9.64 Å². The van der Waals surface area contributed by atoms with Crippen LogP contribution in [0.15, 0.2) is 42.5 Å². The minimum absolute atomic E-state index is 0.0424. The van der Waals surface area contributed by atoms with Crippen molar-refractivity contribution in [2.75, 3.05) is 26.2 Å². The maximum atomic E-state index is 13.9. The van der Waals surface area contributed by atoms with Crippen molar-refractivity contribution in [2.24, 2.45) is 5.92 Å². The molecule has 0 unspecified atom stereocenters. The number of likely N-dealkylation sites (tertiary alicyclic amines) is 1. The molecule has 2 aliphatic rings. The monoisotopic (exact) mass is 442 g/mol. The number of benzene rings is 2. The molecule has 2 aromatic rings. The number of nitrogens with zero attached hydrogens (tertiary/aromatic N) is 2. The molecule has 7 nitrogen and oxygen atoms in total. The van der Waals surface area contributed by atoms with Gasteiger partial charge in [0.25, 0.3) is 17.7 Å². The number of piperidine rings is 1. The second-order valence-electron chi connectivity index (χ2n) is 7.67. The number of imide groups is 1. The van der Waals surface area contributed by atoms with Crippen molar-refractivity contribution in [3.63, 3.8) is 0 Å². The Morgan fingerprint density at radius 1 is 0.969 bits per heavy atom. The first kappa shape index (κ1) is 21.6. The van der Waals surface area contributed by atoms with Crippen LogP contribution in [0.4, 0.5) is 8.78 Å². The van der Waals surface area contributed by atoms with Crippen molar-refractivity contribution in [3.8, 4) is 0 Å². The van der Waals surface area contributed by atoms with Gasteiger partial charge in [-0.2, -0.15) is 0 Å². The van der Waals surface area contributed by atoms with Crippen LogP contribution in [0.5, 0.6) is 0 Å². The van der Waals surface area contributed by atoms with Crippen LogP contribution in [-0.4, -0.2) is 59.7 Å². The minimum atomic E-state index is -0.926. The average Bonchev–Trinajstić information content (AvgIpc) is 3.04. The van der Waals surface area contributed by atoms with Crippen LogP contribution in [-0.2, 0) is 9.53 Å². The van der Waals surface area contributed by atoms with E-state index in [1.54, 1.807) is 24.3 Å². The Balaban J connectivity index is 1.25. The molecule has 2 aliphatic heterocycles. The maximum Gasteiger partial charge on any atom is 0.309 e. The van der Waals surface area contributed by atoms with Gasteiger partial charge in [-0.15, -0.1) is 0 Å². The van der Waals surface area contributed by atoms with E-state index in [9.17, 15) is 28.0 Å². The van der Waals surface area contributed by atoms with E-state index in [0.717, 1.165) is 17.0 Å². The molecule has 0 atom stereocenters. The predicted octanol–water partition coefficient (Wildman–Crippen LogP) is 2.66. The standard InChI is InChI=1S/C23H20F2N2O5/c24-15-5-6-18(19(25)13-15)20(28)26-9-7-14(8-10-26)23(31)32-12-11-27-21(29)16-3-1-2-4-17(16)22(27)30/h1-6,13-14H,7-12H2. The molecule has 0 radical (unpaired) electrons. The highest BCUT2D eigenvalue weighted by Gasteiger charge is 2.35. The van der Waals surface area contributed by atoms with E-state index in [4.69, 9.17) is 4.74 Å². The average molecular weight is 442 g/mol. The Morgan fingerprint density at radius 2 is 1.59 bits per heavy atom. The molecule has 0 aliphatic carbocycles. The summed E-state index contributed by atoms with van der Waals surface area (Å²) in [6.07, 6.45) is 0.667. The zero-order valence-corrected chi connectivity index (χ0v) is 17.1. The topological polar surface area (TPSA) is 84.0 Å². The zero-order valence-electron chi connectivity index (χ0n) is 17.1. The third kappa shape index (κ3) is 4.10. The van der Waals surface area contributed by atoms with Gasteiger partial charge in [0.05, 0.1) is 29.2 Å². The number of hydrogen-bond donors (Lipinski definition) is 0. The molecule has 0 N–H and O–H groups in total. The number of amides is 3. The molecule has 3 amide bonds. The highest BCUT2D eigenvalue weighted by Crippen LogP contribution is 2.23. The summed E-state index contributed by atoms with van der Waals surface area (Å²) in [5.74, 6) is -3.99. The molecule has 32 heavy (non-hydrogen) atoms. The van der Waals surface area contributed by atoms with Crippen LogP contribution in [0.1, 0.15) is 43.9 Å². The fourth-order valence-corrected chi connectivity index (χ4v) is 3.95. The number of rotatable bonds is 5. The lowest BCUT2D eigenvalue weighted by Crippen LogP contribution is -2.41. The Kier molecular flexibility index (Phi) is 5.98. The Labute approximate surface area is 182 Å². The van der Waals surface area contributed by atoms with Crippen molar-refractivity contribution < 1.29 is 32.7 Å². The zero-order chi connectivity index (χ0) is 22.8. The molecular weight excluding hydrogens is 422 g/mol. The van der Waals surface area contributed by atoms with Crippen molar-refractivity contribution in [2.45, 2.75) is 12.8 Å². The first-order valence-electron chi connectivity index (χ1n) is 10.2. The first-order chi connectivity index (χ1) is 15.4. The van der Waals surface area contributed by atoms with Gasteiger partial charge in [0.1, 0.15) is 18.2 Å². The summed E-state index contributed by atoms with van der Waals surface area (Å²) in [5.41, 5.74) is 0.449. The van der Waals surface area contributed by atoms with Gasteiger partial charge in [0.15, 0.2) is 0 Å². The molecule has 0 saturated carbocycles. The van der Waals surface area contributed by atoms with E-state index in [-0.39, 0.29) is 31.8 Å². The highest BCUT2D eigenvalue weighted by atomic mass is 19.1. The molecule has 2 aromatic carbocycles. The Morgan fingerprint density at radius 3 is 2.19 bits per heavy atom. The number of ether oxygens (including phenoxy) is 1.